The third-order valence-electron chi connectivity index (χ3n) is 3.58. The van der Waals surface area contributed by atoms with Crippen molar-refractivity contribution in [2.24, 2.45) is 0 Å². The number of nitrogens with one attached hydrogen (secondary N) is 1. The minimum absolute atomic E-state index is 0.0622. The number of sulfone groups is 1. The number of hydrogen-bond donors (Lipinski definition) is 1. The van der Waals surface area contributed by atoms with Gasteiger partial charge in [-0.05, 0) is 31.2 Å². The van der Waals surface area contributed by atoms with Gasteiger partial charge < -0.3 is 10.1 Å². The summed E-state index contributed by atoms with van der Waals surface area (Å²) in [5.74, 6) is -1.43. The van der Waals surface area contributed by atoms with Crippen molar-refractivity contribution >= 4 is 27.4 Å². The second-order valence-electron chi connectivity index (χ2n) is 5.45. The first kappa shape index (κ1) is 18.7. The Morgan fingerprint density at radius 1 is 0.960 bits per heavy atom. The van der Waals surface area contributed by atoms with Crippen LogP contribution in [0.3, 0.4) is 0 Å². The van der Waals surface area contributed by atoms with Gasteiger partial charge in [0.15, 0.2) is 15.9 Å². The van der Waals surface area contributed by atoms with Crippen LogP contribution in [0.1, 0.15) is 13.8 Å². The molecule has 0 unspecified atom stereocenters. The predicted octanol–water partition coefficient (Wildman–Crippen LogP) is 2.42. The summed E-state index contributed by atoms with van der Waals surface area (Å²) in [5.41, 5.74) is 0.481. The van der Waals surface area contributed by atoms with Gasteiger partial charge in [0.25, 0.3) is 5.91 Å². The smallest absolute Gasteiger partial charge is 0.303 e. The maximum Gasteiger partial charge on any atom is 0.303 e. The average Bonchev–Trinajstić information content (AvgIpc) is 2.60. The first-order valence-electron chi connectivity index (χ1n) is 7.64. The Balaban J connectivity index is 2.30. The summed E-state index contributed by atoms with van der Waals surface area (Å²) in [5, 5.41) is 1.32. The molecule has 7 heteroatoms. The van der Waals surface area contributed by atoms with Crippen molar-refractivity contribution in [1.29, 1.82) is 0 Å². The molecule has 0 saturated heterocycles. The average molecular weight is 361 g/mol. The van der Waals surface area contributed by atoms with Gasteiger partial charge in [0.2, 0.25) is 0 Å². The number of rotatable bonds is 6. The van der Waals surface area contributed by atoms with E-state index < -0.39 is 33.1 Å². The fourth-order valence-corrected chi connectivity index (χ4v) is 3.73. The summed E-state index contributed by atoms with van der Waals surface area (Å²) in [4.78, 5) is 24.0. The molecule has 0 aliphatic carbocycles. The highest BCUT2D eigenvalue weighted by Crippen LogP contribution is 2.21. The first-order chi connectivity index (χ1) is 11.8. The van der Waals surface area contributed by atoms with Gasteiger partial charge in [0.1, 0.15) is 5.25 Å². The lowest BCUT2D eigenvalue weighted by Gasteiger charge is -2.23. The minimum atomic E-state index is -3.86. The molecule has 2 aromatic rings. The summed E-state index contributed by atoms with van der Waals surface area (Å²) in [7, 11) is -3.86. The van der Waals surface area contributed by atoms with Gasteiger partial charge in [-0.25, -0.2) is 8.42 Å². The molecule has 0 aliphatic rings. The van der Waals surface area contributed by atoms with E-state index in [2.05, 4.69) is 5.32 Å². The highest BCUT2D eigenvalue weighted by atomic mass is 32.2. The van der Waals surface area contributed by atoms with Crippen LogP contribution >= 0.6 is 0 Å². The van der Waals surface area contributed by atoms with E-state index in [1.165, 1.54) is 19.1 Å². The molecule has 6 nitrogen and oxygen atoms in total. The van der Waals surface area contributed by atoms with E-state index in [1.807, 2.05) is 0 Å². The highest BCUT2D eigenvalue weighted by Gasteiger charge is 2.38. The molecule has 0 aliphatic heterocycles. The molecular formula is C18H19NO5S. The topological polar surface area (TPSA) is 89.5 Å². The van der Waals surface area contributed by atoms with E-state index >= 15 is 0 Å². The van der Waals surface area contributed by atoms with Crippen LogP contribution in [-0.4, -0.2) is 31.6 Å². The van der Waals surface area contributed by atoms with Gasteiger partial charge in [-0.2, -0.15) is 0 Å². The molecule has 2 aromatic carbocycles. The number of ether oxygens (including phenoxy) is 1. The molecule has 25 heavy (non-hydrogen) atoms. The number of esters is 1. The Hall–Kier alpha value is -2.67. The fourth-order valence-electron chi connectivity index (χ4n) is 2.26. The van der Waals surface area contributed by atoms with E-state index in [4.69, 9.17) is 4.74 Å². The van der Waals surface area contributed by atoms with Crippen LogP contribution in [-0.2, 0) is 24.2 Å². The second-order valence-corrected chi connectivity index (χ2v) is 7.75. The zero-order valence-corrected chi connectivity index (χ0v) is 14.7. The highest BCUT2D eigenvalue weighted by molar-refractivity contribution is 7.92. The lowest BCUT2D eigenvalue weighted by molar-refractivity contribution is -0.151. The third kappa shape index (κ3) is 4.67. The molecule has 0 heterocycles. The monoisotopic (exact) mass is 361 g/mol. The van der Waals surface area contributed by atoms with Crippen molar-refractivity contribution in [3.05, 3.63) is 60.7 Å². The van der Waals surface area contributed by atoms with E-state index in [9.17, 15) is 18.0 Å². The first-order valence-corrected chi connectivity index (χ1v) is 9.19. The number of benzene rings is 2. The van der Waals surface area contributed by atoms with Crippen molar-refractivity contribution < 1.29 is 22.7 Å². The van der Waals surface area contributed by atoms with E-state index in [1.54, 1.807) is 48.5 Å². The zero-order valence-electron chi connectivity index (χ0n) is 13.9. The Kier molecular flexibility index (Phi) is 5.93. The number of amides is 1. The molecule has 2 atom stereocenters. The zero-order chi connectivity index (χ0) is 18.4. The standard InChI is InChI=1S/C18H19NO5S/c1-13(25(22,23)16-11-7-4-8-12-16)17(24-14(2)20)18(21)19-15-9-5-3-6-10-15/h3-13,17H,1-2H3,(H,19,21)/t13-,17+/m0/s1. The molecule has 1 amide bonds. The van der Waals surface area contributed by atoms with Crippen LogP contribution < -0.4 is 5.32 Å². The molecule has 0 saturated carbocycles. The Bertz CT molecular complexity index is 834. The maximum absolute atomic E-state index is 12.7. The molecule has 0 fully saturated rings. The summed E-state index contributed by atoms with van der Waals surface area (Å²) in [6, 6.07) is 16.3. The van der Waals surface area contributed by atoms with E-state index in [-0.39, 0.29) is 4.90 Å². The van der Waals surface area contributed by atoms with Crippen LogP contribution in [0, 0.1) is 0 Å². The normalized spacial score (nSPS) is 13.5. The summed E-state index contributed by atoms with van der Waals surface area (Å²) < 4.78 is 30.5. The number of anilines is 1. The van der Waals surface area contributed by atoms with Crippen molar-refractivity contribution in [3.8, 4) is 0 Å². The SMILES string of the molecule is CC(=O)O[C@@H](C(=O)Nc1ccccc1)[C@H](C)S(=O)(=O)c1ccccc1. The van der Waals surface area contributed by atoms with Gasteiger partial charge in [-0.3, -0.25) is 9.59 Å². The molecule has 0 aromatic heterocycles. The number of hydrogen-bond acceptors (Lipinski definition) is 5. The van der Waals surface area contributed by atoms with Crippen molar-refractivity contribution in [3.63, 3.8) is 0 Å². The molecule has 0 bridgehead atoms. The van der Waals surface area contributed by atoms with Crippen LogP contribution in [0.2, 0.25) is 0 Å². The Morgan fingerprint density at radius 3 is 2.00 bits per heavy atom. The van der Waals surface area contributed by atoms with E-state index in [0.29, 0.717) is 5.69 Å². The van der Waals surface area contributed by atoms with Gasteiger partial charge in [0.05, 0.1) is 4.90 Å². The summed E-state index contributed by atoms with van der Waals surface area (Å²) >= 11 is 0. The maximum atomic E-state index is 12.7. The predicted molar refractivity (Wildman–Crippen MR) is 93.7 cm³/mol. The van der Waals surface area contributed by atoms with Gasteiger partial charge in [-0.15, -0.1) is 0 Å². The van der Waals surface area contributed by atoms with Crippen molar-refractivity contribution in [2.75, 3.05) is 5.32 Å². The summed E-state index contributed by atoms with van der Waals surface area (Å²) in [6.45, 7) is 2.48. The lowest BCUT2D eigenvalue weighted by atomic mass is 10.2. The Labute approximate surface area is 146 Å². The third-order valence-corrected chi connectivity index (χ3v) is 5.74. The molecule has 2 rings (SSSR count). The van der Waals surface area contributed by atoms with E-state index in [0.717, 1.165) is 6.92 Å². The van der Waals surface area contributed by atoms with Crippen LogP contribution in [0.5, 0.6) is 0 Å². The van der Waals surface area contributed by atoms with Gasteiger partial charge >= 0.3 is 5.97 Å². The fraction of sp³-hybridized carbons (Fsp3) is 0.222. The van der Waals surface area contributed by atoms with Crippen LogP contribution in [0.4, 0.5) is 5.69 Å². The van der Waals surface area contributed by atoms with Crippen molar-refractivity contribution in [1.82, 2.24) is 0 Å². The molecule has 0 radical (unpaired) electrons. The molecular weight excluding hydrogens is 342 g/mol. The molecule has 0 spiro atoms. The second kappa shape index (κ2) is 7.94. The minimum Gasteiger partial charge on any atom is -0.451 e. The van der Waals surface area contributed by atoms with Crippen molar-refractivity contribution in [2.45, 2.75) is 30.1 Å². The van der Waals surface area contributed by atoms with Gasteiger partial charge in [0, 0.05) is 12.6 Å². The number of carbonyl (C=O) groups excluding carboxylic acids is 2. The summed E-state index contributed by atoms with van der Waals surface area (Å²) in [6.07, 6.45) is -1.47. The molecule has 132 valence electrons. The van der Waals surface area contributed by atoms with Crippen LogP contribution in [0.25, 0.3) is 0 Å². The number of para-hydroxylation sites is 1. The lowest BCUT2D eigenvalue weighted by Crippen LogP contribution is -2.43. The van der Waals surface area contributed by atoms with Crippen LogP contribution in [0.15, 0.2) is 65.6 Å². The quantitative estimate of drug-likeness (QED) is 0.798. The van der Waals surface area contributed by atoms with Gasteiger partial charge in [-0.1, -0.05) is 36.4 Å². The molecule has 1 N–H and O–H groups in total. The number of carbonyl (C=O) groups is 2. The Morgan fingerprint density at radius 2 is 1.48 bits per heavy atom. The largest absolute Gasteiger partial charge is 0.451 e.